The Balaban J connectivity index is 1.40. The molecule has 0 saturated carbocycles. The number of amides is 1. The number of nitrogens with one attached hydrogen (secondary N) is 1. The normalized spacial score (nSPS) is 14.1. The van der Waals surface area contributed by atoms with Gasteiger partial charge in [0.15, 0.2) is 0 Å². The molecule has 2 aromatic carbocycles. The van der Waals surface area contributed by atoms with Crippen LogP contribution in [0.5, 0.6) is 0 Å². The topological polar surface area (TPSA) is 38.8 Å². The number of benzene rings is 2. The second-order valence-electron chi connectivity index (χ2n) is 7.10. The van der Waals surface area contributed by atoms with E-state index in [1.54, 1.807) is 0 Å². The summed E-state index contributed by atoms with van der Waals surface area (Å²) in [6, 6.07) is 18.9. The van der Waals surface area contributed by atoms with Gasteiger partial charge in [-0.15, -0.1) is 0 Å². The van der Waals surface area contributed by atoms with Gasteiger partial charge in [0, 0.05) is 69.3 Å². The van der Waals surface area contributed by atoms with E-state index in [-0.39, 0.29) is 5.91 Å². The van der Waals surface area contributed by atoms with E-state index in [4.69, 9.17) is 0 Å². The van der Waals surface area contributed by atoms with Crippen LogP contribution in [0.4, 0.5) is 17.1 Å². The summed E-state index contributed by atoms with van der Waals surface area (Å²) in [5, 5.41) is 3.38. The van der Waals surface area contributed by atoms with E-state index >= 15 is 0 Å². The van der Waals surface area contributed by atoms with E-state index in [0.29, 0.717) is 13.0 Å². The average molecular weight is 381 g/mol. The molecule has 5 heteroatoms. The second-order valence-corrected chi connectivity index (χ2v) is 7.10. The molecule has 0 radical (unpaired) electrons. The average Bonchev–Trinajstić information content (AvgIpc) is 2.76. The van der Waals surface area contributed by atoms with E-state index < -0.39 is 0 Å². The quantitative estimate of drug-likeness (QED) is 0.758. The Bertz CT molecular complexity index is 720. The van der Waals surface area contributed by atoms with Gasteiger partial charge in [0.1, 0.15) is 0 Å². The molecule has 1 N–H and O–H groups in total. The first-order valence-corrected chi connectivity index (χ1v) is 10.4. The highest BCUT2D eigenvalue weighted by Gasteiger charge is 2.20. The number of rotatable bonds is 8. The number of carbonyl (C=O) groups is 1. The molecule has 3 rings (SSSR count). The van der Waals surface area contributed by atoms with Crippen molar-refractivity contribution < 1.29 is 4.79 Å². The van der Waals surface area contributed by atoms with Crippen LogP contribution in [-0.2, 0) is 4.79 Å². The maximum atomic E-state index is 12.5. The Morgan fingerprint density at radius 2 is 1.57 bits per heavy atom. The van der Waals surface area contributed by atoms with Gasteiger partial charge in [0.25, 0.3) is 0 Å². The van der Waals surface area contributed by atoms with Crippen molar-refractivity contribution in [3.8, 4) is 0 Å². The molecule has 0 aromatic heterocycles. The van der Waals surface area contributed by atoms with Gasteiger partial charge in [-0.1, -0.05) is 18.2 Å². The molecular formula is C23H32N4O. The van der Waals surface area contributed by atoms with Crippen LogP contribution >= 0.6 is 0 Å². The summed E-state index contributed by atoms with van der Waals surface area (Å²) in [6.45, 7) is 10.4. The molecule has 1 heterocycles. The smallest absolute Gasteiger partial charge is 0.224 e. The largest absolute Gasteiger partial charge is 0.385 e. The standard InChI is InChI=1S/C23H32N4O/c1-3-25(4-2)22-12-10-20(11-13-22)24-15-14-23(28)27-18-16-26(17-19-27)21-8-6-5-7-9-21/h5-13,24H,3-4,14-19H2,1-2H3. The molecule has 28 heavy (non-hydrogen) atoms. The van der Waals surface area contributed by atoms with Crippen LogP contribution in [0.2, 0.25) is 0 Å². The summed E-state index contributed by atoms with van der Waals surface area (Å²) < 4.78 is 0. The monoisotopic (exact) mass is 380 g/mol. The molecule has 0 spiro atoms. The van der Waals surface area contributed by atoms with Gasteiger partial charge < -0.3 is 20.0 Å². The number of para-hydroxylation sites is 1. The van der Waals surface area contributed by atoms with Crippen molar-refractivity contribution in [1.82, 2.24) is 4.90 Å². The molecule has 150 valence electrons. The van der Waals surface area contributed by atoms with Crippen LogP contribution in [0, 0.1) is 0 Å². The highest BCUT2D eigenvalue weighted by atomic mass is 16.2. The van der Waals surface area contributed by atoms with Crippen LogP contribution < -0.4 is 15.1 Å². The van der Waals surface area contributed by atoms with Crippen LogP contribution in [0.1, 0.15) is 20.3 Å². The Kier molecular flexibility index (Phi) is 7.18. The minimum atomic E-state index is 0.236. The molecule has 0 aliphatic carbocycles. The van der Waals surface area contributed by atoms with E-state index in [2.05, 4.69) is 77.5 Å². The van der Waals surface area contributed by atoms with E-state index in [1.807, 2.05) is 11.0 Å². The summed E-state index contributed by atoms with van der Waals surface area (Å²) in [5.41, 5.74) is 3.55. The number of hydrogen-bond donors (Lipinski definition) is 1. The molecule has 0 atom stereocenters. The second kappa shape index (κ2) is 10.0. The maximum absolute atomic E-state index is 12.5. The van der Waals surface area contributed by atoms with Gasteiger partial charge in [-0.05, 0) is 50.2 Å². The predicted octanol–water partition coefficient (Wildman–Crippen LogP) is 3.68. The lowest BCUT2D eigenvalue weighted by Crippen LogP contribution is -2.49. The number of carbonyl (C=O) groups excluding carboxylic acids is 1. The first-order valence-electron chi connectivity index (χ1n) is 10.4. The minimum absolute atomic E-state index is 0.236. The van der Waals surface area contributed by atoms with E-state index in [0.717, 1.165) is 45.0 Å². The Morgan fingerprint density at radius 1 is 0.929 bits per heavy atom. The van der Waals surface area contributed by atoms with Crippen LogP contribution in [0.15, 0.2) is 54.6 Å². The molecule has 1 aliphatic heterocycles. The third-order valence-corrected chi connectivity index (χ3v) is 5.42. The van der Waals surface area contributed by atoms with Crippen molar-refractivity contribution in [2.75, 3.05) is 60.9 Å². The molecule has 1 amide bonds. The summed E-state index contributed by atoms with van der Waals surface area (Å²) in [4.78, 5) is 19.2. The van der Waals surface area contributed by atoms with Crippen molar-refractivity contribution in [3.63, 3.8) is 0 Å². The fraction of sp³-hybridized carbons (Fsp3) is 0.435. The van der Waals surface area contributed by atoms with Gasteiger partial charge in [0.05, 0.1) is 0 Å². The molecule has 0 bridgehead atoms. The zero-order valence-electron chi connectivity index (χ0n) is 17.1. The Hall–Kier alpha value is -2.69. The van der Waals surface area contributed by atoms with Crippen molar-refractivity contribution in [1.29, 1.82) is 0 Å². The zero-order chi connectivity index (χ0) is 19.8. The third kappa shape index (κ3) is 5.18. The van der Waals surface area contributed by atoms with Gasteiger partial charge in [0.2, 0.25) is 5.91 Å². The molecule has 1 aliphatic rings. The predicted molar refractivity (Wildman–Crippen MR) is 118 cm³/mol. The van der Waals surface area contributed by atoms with Crippen molar-refractivity contribution in [3.05, 3.63) is 54.6 Å². The zero-order valence-corrected chi connectivity index (χ0v) is 17.1. The van der Waals surface area contributed by atoms with Crippen molar-refractivity contribution in [2.45, 2.75) is 20.3 Å². The van der Waals surface area contributed by atoms with Gasteiger partial charge in [-0.3, -0.25) is 4.79 Å². The summed E-state index contributed by atoms with van der Waals surface area (Å²) in [5.74, 6) is 0.236. The fourth-order valence-electron chi connectivity index (χ4n) is 3.70. The minimum Gasteiger partial charge on any atom is -0.385 e. The van der Waals surface area contributed by atoms with Crippen LogP contribution in [0.3, 0.4) is 0 Å². The Labute approximate surface area is 168 Å². The number of hydrogen-bond acceptors (Lipinski definition) is 4. The van der Waals surface area contributed by atoms with E-state index in [9.17, 15) is 4.79 Å². The molecule has 1 fully saturated rings. The molecule has 1 saturated heterocycles. The van der Waals surface area contributed by atoms with Crippen molar-refractivity contribution >= 4 is 23.0 Å². The fourth-order valence-corrected chi connectivity index (χ4v) is 3.70. The highest BCUT2D eigenvalue weighted by molar-refractivity contribution is 5.77. The molecule has 2 aromatic rings. The van der Waals surface area contributed by atoms with E-state index in [1.165, 1.54) is 11.4 Å². The van der Waals surface area contributed by atoms with Gasteiger partial charge in [-0.2, -0.15) is 0 Å². The van der Waals surface area contributed by atoms with Gasteiger partial charge in [-0.25, -0.2) is 0 Å². The van der Waals surface area contributed by atoms with Gasteiger partial charge >= 0.3 is 0 Å². The Morgan fingerprint density at radius 3 is 2.18 bits per heavy atom. The lowest BCUT2D eigenvalue weighted by Gasteiger charge is -2.36. The third-order valence-electron chi connectivity index (χ3n) is 5.42. The first-order chi connectivity index (χ1) is 13.7. The summed E-state index contributed by atoms with van der Waals surface area (Å²) in [7, 11) is 0. The van der Waals surface area contributed by atoms with Crippen LogP contribution in [-0.4, -0.2) is 56.6 Å². The number of nitrogens with zero attached hydrogens (tertiary/aromatic N) is 3. The first kappa shape index (κ1) is 20.1. The summed E-state index contributed by atoms with van der Waals surface area (Å²) >= 11 is 0. The molecule has 0 unspecified atom stereocenters. The van der Waals surface area contributed by atoms with Crippen LogP contribution in [0.25, 0.3) is 0 Å². The SMILES string of the molecule is CCN(CC)c1ccc(NCCC(=O)N2CCN(c3ccccc3)CC2)cc1. The number of anilines is 3. The molecular weight excluding hydrogens is 348 g/mol. The maximum Gasteiger partial charge on any atom is 0.224 e. The highest BCUT2D eigenvalue weighted by Crippen LogP contribution is 2.18. The van der Waals surface area contributed by atoms with Crippen molar-refractivity contribution in [2.24, 2.45) is 0 Å². The molecule has 5 nitrogen and oxygen atoms in total. The lowest BCUT2D eigenvalue weighted by atomic mass is 10.2. The lowest BCUT2D eigenvalue weighted by molar-refractivity contribution is -0.131. The summed E-state index contributed by atoms with van der Waals surface area (Å²) in [6.07, 6.45) is 0.531. The number of piperazine rings is 1.